The van der Waals surface area contributed by atoms with Crippen molar-refractivity contribution in [1.82, 2.24) is 15.0 Å². The molecule has 0 saturated heterocycles. The summed E-state index contributed by atoms with van der Waals surface area (Å²) in [7, 11) is 1.65. The number of aryl methyl sites for hydroxylation is 1. The second kappa shape index (κ2) is 8.14. The van der Waals surface area contributed by atoms with Crippen LogP contribution in [0.3, 0.4) is 0 Å². The van der Waals surface area contributed by atoms with E-state index in [0.717, 1.165) is 28.5 Å². The number of pyridine rings is 1. The van der Waals surface area contributed by atoms with E-state index in [2.05, 4.69) is 27.5 Å². The Balaban J connectivity index is 1.70. The number of hydrogen-bond donors (Lipinski definition) is 2. The number of aromatic nitrogens is 3. The normalized spacial score (nSPS) is 15.0. The standard InChI is InChI=1S/C19H27N5O/c1-13-14(2)22-19(21-12-16-11-17(25-3)9-10-20-16)24-18(13)23-15-7-5-4-6-8-15/h9-11,15H,4-8,12H2,1-3H3,(H2,21,22,23,24). The summed E-state index contributed by atoms with van der Waals surface area (Å²) < 4.78 is 5.24. The van der Waals surface area contributed by atoms with Crippen LogP contribution in [0.25, 0.3) is 0 Å². The zero-order chi connectivity index (χ0) is 17.6. The molecule has 6 heteroatoms. The Kier molecular flexibility index (Phi) is 5.68. The Morgan fingerprint density at radius 3 is 2.72 bits per heavy atom. The van der Waals surface area contributed by atoms with E-state index in [4.69, 9.17) is 9.72 Å². The highest BCUT2D eigenvalue weighted by Crippen LogP contribution is 2.24. The van der Waals surface area contributed by atoms with Crippen LogP contribution in [0.4, 0.5) is 11.8 Å². The number of nitrogens with zero attached hydrogens (tertiary/aromatic N) is 3. The van der Waals surface area contributed by atoms with E-state index in [-0.39, 0.29) is 0 Å². The molecular formula is C19H27N5O. The Hall–Kier alpha value is -2.37. The molecule has 2 aromatic rings. The zero-order valence-corrected chi connectivity index (χ0v) is 15.3. The lowest BCUT2D eigenvalue weighted by Gasteiger charge is -2.24. The van der Waals surface area contributed by atoms with Crippen LogP contribution >= 0.6 is 0 Å². The van der Waals surface area contributed by atoms with Gasteiger partial charge < -0.3 is 15.4 Å². The first-order valence-corrected chi connectivity index (χ1v) is 9.00. The molecular weight excluding hydrogens is 314 g/mol. The van der Waals surface area contributed by atoms with Crippen LogP contribution < -0.4 is 15.4 Å². The summed E-state index contributed by atoms with van der Waals surface area (Å²) in [5.41, 5.74) is 3.01. The maximum atomic E-state index is 5.24. The Labute approximate surface area is 149 Å². The minimum Gasteiger partial charge on any atom is -0.497 e. The van der Waals surface area contributed by atoms with Crippen LogP contribution in [-0.2, 0) is 6.54 Å². The van der Waals surface area contributed by atoms with Gasteiger partial charge in [0.1, 0.15) is 11.6 Å². The molecule has 25 heavy (non-hydrogen) atoms. The third-order valence-corrected chi connectivity index (χ3v) is 4.79. The first-order chi connectivity index (χ1) is 12.2. The van der Waals surface area contributed by atoms with Crippen LogP contribution in [0.15, 0.2) is 18.3 Å². The summed E-state index contributed by atoms with van der Waals surface area (Å²) in [6.45, 7) is 4.66. The molecule has 1 fully saturated rings. The third-order valence-electron chi connectivity index (χ3n) is 4.79. The minimum absolute atomic E-state index is 0.523. The molecule has 3 rings (SSSR count). The van der Waals surface area contributed by atoms with E-state index in [1.807, 2.05) is 19.1 Å². The third kappa shape index (κ3) is 4.59. The predicted octanol–water partition coefficient (Wildman–Crippen LogP) is 3.85. The minimum atomic E-state index is 0.523. The molecule has 0 radical (unpaired) electrons. The molecule has 1 saturated carbocycles. The first-order valence-electron chi connectivity index (χ1n) is 9.00. The summed E-state index contributed by atoms with van der Waals surface area (Å²) in [5.74, 6) is 2.37. The topological polar surface area (TPSA) is 72.0 Å². The van der Waals surface area contributed by atoms with Crippen LogP contribution in [0.1, 0.15) is 49.1 Å². The predicted molar refractivity (Wildman–Crippen MR) is 100 cm³/mol. The lowest BCUT2D eigenvalue weighted by atomic mass is 9.95. The van der Waals surface area contributed by atoms with Crippen molar-refractivity contribution in [2.75, 3.05) is 17.7 Å². The highest BCUT2D eigenvalue weighted by Gasteiger charge is 2.16. The van der Waals surface area contributed by atoms with Crippen molar-refractivity contribution >= 4 is 11.8 Å². The largest absolute Gasteiger partial charge is 0.497 e. The van der Waals surface area contributed by atoms with Gasteiger partial charge in [-0.3, -0.25) is 4.98 Å². The molecule has 134 valence electrons. The van der Waals surface area contributed by atoms with Crippen molar-refractivity contribution in [3.8, 4) is 5.75 Å². The van der Waals surface area contributed by atoms with Crippen molar-refractivity contribution in [2.45, 2.75) is 58.5 Å². The van der Waals surface area contributed by atoms with Gasteiger partial charge in [-0.2, -0.15) is 4.98 Å². The van der Waals surface area contributed by atoms with E-state index in [1.54, 1.807) is 13.3 Å². The second-order valence-electron chi connectivity index (χ2n) is 6.63. The second-order valence-corrected chi connectivity index (χ2v) is 6.63. The molecule has 0 unspecified atom stereocenters. The molecule has 2 aromatic heterocycles. The molecule has 0 amide bonds. The SMILES string of the molecule is COc1ccnc(CNc2nc(C)c(C)c(NC3CCCCC3)n2)c1. The van der Waals surface area contributed by atoms with Gasteiger partial charge in [-0.15, -0.1) is 0 Å². The van der Waals surface area contributed by atoms with E-state index in [1.165, 1.54) is 32.1 Å². The monoisotopic (exact) mass is 341 g/mol. The lowest BCUT2D eigenvalue weighted by Crippen LogP contribution is -2.24. The van der Waals surface area contributed by atoms with E-state index in [9.17, 15) is 0 Å². The van der Waals surface area contributed by atoms with Gasteiger partial charge in [-0.1, -0.05) is 19.3 Å². The van der Waals surface area contributed by atoms with Gasteiger partial charge in [-0.25, -0.2) is 4.98 Å². The Bertz CT molecular complexity index is 713. The maximum Gasteiger partial charge on any atom is 0.225 e. The molecule has 2 N–H and O–H groups in total. The fourth-order valence-electron chi connectivity index (χ4n) is 3.14. The van der Waals surface area contributed by atoms with E-state index < -0.39 is 0 Å². The molecule has 6 nitrogen and oxygen atoms in total. The number of anilines is 2. The lowest BCUT2D eigenvalue weighted by molar-refractivity contribution is 0.413. The van der Waals surface area contributed by atoms with Crippen LogP contribution in [-0.4, -0.2) is 28.1 Å². The number of methoxy groups -OCH3 is 1. The fourth-order valence-corrected chi connectivity index (χ4v) is 3.14. The van der Waals surface area contributed by atoms with Crippen molar-refractivity contribution in [1.29, 1.82) is 0 Å². The van der Waals surface area contributed by atoms with E-state index >= 15 is 0 Å². The molecule has 0 aliphatic heterocycles. The molecule has 0 aromatic carbocycles. The number of ether oxygens (including phenoxy) is 1. The Morgan fingerprint density at radius 2 is 1.96 bits per heavy atom. The van der Waals surface area contributed by atoms with Crippen molar-refractivity contribution in [3.05, 3.63) is 35.3 Å². The number of rotatable bonds is 6. The first kappa shape index (κ1) is 17.5. The molecule has 1 aliphatic rings. The average molecular weight is 341 g/mol. The molecule has 1 aliphatic carbocycles. The van der Waals surface area contributed by atoms with Gasteiger partial charge in [-0.05, 0) is 32.8 Å². The molecule has 0 atom stereocenters. The number of nitrogens with one attached hydrogen (secondary N) is 2. The van der Waals surface area contributed by atoms with E-state index in [0.29, 0.717) is 18.5 Å². The molecule has 2 heterocycles. The van der Waals surface area contributed by atoms with Crippen molar-refractivity contribution < 1.29 is 4.74 Å². The quantitative estimate of drug-likeness (QED) is 0.831. The maximum absolute atomic E-state index is 5.24. The summed E-state index contributed by atoms with van der Waals surface area (Å²) in [6.07, 6.45) is 8.13. The van der Waals surface area contributed by atoms with Crippen molar-refractivity contribution in [3.63, 3.8) is 0 Å². The van der Waals surface area contributed by atoms with Gasteiger partial charge in [0.05, 0.1) is 19.3 Å². The Morgan fingerprint density at radius 1 is 1.16 bits per heavy atom. The van der Waals surface area contributed by atoms with Gasteiger partial charge >= 0.3 is 0 Å². The molecule has 0 spiro atoms. The smallest absolute Gasteiger partial charge is 0.225 e. The highest BCUT2D eigenvalue weighted by atomic mass is 16.5. The average Bonchev–Trinajstić information content (AvgIpc) is 2.65. The van der Waals surface area contributed by atoms with Crippen LogP contribution in [0.5, 0.6) is 5.75 Å². The fraction of sp³-hybridized carbons (Fsp3) is 0.526. The highest BCUT2D eigenvalue weighted by molar-refractivity contribution is 5.50. The van der Waals surface area contributed by atoms with Gasteiger partial charge in [0.15, 0.2) is 0 Å². The van der Waals surface area contributed by atoms with Crippen LogP contribution in [0.2, 0.25) is 0 Å². The zero-order valence-electron chi connectivity index (χ0n) is 15.3. The molecule has 0 bridgehead atoms. The van der Waals surface area contributed by atoms with Gasteiger partial charge in [0, 0.05) is 29.6 Å². The summed E-state index contributed by atoms with van der Waals surface area (Å²) in [6, 6.07) is 4.27. The van der Waals surface area contributed by atoms with Gasteiger partial charge in [0.2, 0.25) is 5.95 Å². The summed E-state index contributed by atoms with van der Waals surface area (Å²) in [4.78, 5) is 13.6. The number of hydrogen-bond acceptors (Lipinski definition) is 6. The van der Waals surface area contributed by atoms with Crippen molar-refractivity contribution in [2.24, 2.45) is 0 Å². The summed E-state index contributed by atoms with van der Waals surface area (Å²) >= 11 is 0. The van der Waals surface area contributed by atoms with Crippen LogP contribution in [0, 0.1) is 13.8 Å². The van der Waals surface area contributed by atoms with Gasteiger partial charge in [0.25, 0.3) is 0 Å². The summed E-state index contributed by atoms with van der Waals surface area (Å²) in [5, 5.41) is 6.90.